The highest BCUT2D eigenvalue weighted by Gasteiger charge is 2.17. The number of nitrogens with zero attached hydrogens (tertiary/aromatic N) is 1. The van der Waals surface area contributed by atoms with E-state index in [0.717, 1.165) is 5.56 Å². The molecule has 2 rings (SSSR count). The van der Waals surface area contributed by atoms with Gasteiger partial charge in [-0.2, -0.15) is 4.57 Å². The first-order valence-corrected chi connectivity index (χ1v) is 5.30. The third kappa shape index (κ3) is 1.97. The summed E-state index contributed by atoms with van der Waals surface area (Å²) in [4.78, 5) is 0. The minimum absolute atomic E-state index is 0.341. The molecule has 1 heterocycles. The second kappa shape index (κ2) is 4.33. The van der Waals surface area contributed by atoms with Crippen LogP contribution in [0.25, 0.3) is 11.3 Å². The molecule has 0 spiro atoms. The Hall–Kier alpha value is -1.63. The number of aryl methyl sites for hydroxylation is 2. The van der Waals surface area contributed by atoms with Crippen molar-refractivity contribution in [1.29, 1.82) is 0 Å². The van der Waals surface area contributed by atoms with Crippen molar-refractivity contribution in [3.63, 3.8) is 0 Å². The summed E-state index contributed by atoms with van der Waals surface area (Å²) in [5, 5.41) is 0. The second-order valence-corrected chi connectivity index (χ2v) is 4.04. The van der Waals surface area contributed by atoms with Gasteiger partial charge in [-0.15, -0.1) is 0 Å². The molecule has 0 bridgehead atoms. The van der Waals surface area contributed by atoms with Crippen LogP contribution >= 0.6 is 0 Å². The second-order valence-electron chi connectivity index (χ2n) is 4.04. The van der Waals surface area contributed by atoms with Gasteiger partial charge < -0.3 is 0 Å². The Kier molecular flexibility index (Phi) is 1.25. The Balaban J connectivity index is 3.07. The molecule has 2 aromatic rings. The molecule has 0 aliphatic carbocycles. The summed E-state index contributed by atoms with van der Waals surface area (Å²) in [7, 11) is 1.45. The largest absolute Gasteiger partial charge is 0.212 e. The van der Waals surface area contributed by atoms with Crippen molar-refractivity contribution in [2.45, 2.75) is 27.5 Å². The van der Waals surface area contributed by atoms with Gasteiger partial charge in [-0.3, -0.25) is 0 Å². The minimum atomic E-state index is -2.88. The summed E-state index contributed by atoms with van der Waals surface area (Å²) in [6.07, 6.45) is 0. The average molecular weight is 235 g/mol. The monoisotopic (exact) mass is 235 g/mol. The van der Waals surface area contributed by atoms with Crippen molar-refractivity contribution in [3.8, 4) is 11.3 Å². The summed E-state index contributed by atoms with van der Waals surface area (Å²) in [5.74, 6) is 0. The van der Waals surface area contributed by atoms with Crippen LogP contribution in [-0.4, -0.2) is 0 Å². The summed E-state index contributed by atoms with van der Waals surface area (Å²) >= 11 is 0. The van der Waals surface area contributed by atoms with Gasteiger partial charge in [0, 0.05) is 36.4 Å². The Morgan fingerprint density at radius 1 is 1.06 bits per heavy atom. The number of aromatic nitrogens is 1. The number of pyridine rings is 1. The van der Waals surface area contributed by atoms with E-state index in [1.807, 2.05) is 19.1 Å². The zero-order valence-electron chi connectivity index (χ0n) is 18.8. The van der Waals surface area contributed by atoms with Gasteiger partial charge in [0.05, 0.1) is 0 Å². The first-order chi connectivity index (χ1) is 11.7. The molecule has 0 saturated heterocycles. The third-order valence-corrected chi connectivity index (χ3v) is 2.90. The van der Waals surface area contributed by atoms with Gasteiger partial charge in [0.2, 0.25) is 5.69 Å². The predicted octanol–water partition coefficient (Wildman–Crippen LogP) is 3.41. The SMILES string of the molecule is [2H]C([2H])([2H])c1cc(-c2ccccc2C)[n+](C)c(C([2H])([2H])[2H])c1C([2H])([2H])[2H]. The van der Waals surface area contributed by atoms with E-state index in [2.05, 4.69) is 0 Å². The third-order valence-electron chi connectivity index (χ3n) is 2.90. The lowest BCUT2D eigenvalue weighted by molar-refractivity contribution is -0.667. The van der Waals surface area contributed by atoms with E-state index in [1.54, 1.807) is 12.1 Å². The van der Waals surface area contributed by atoms with Crippen molar-refractivity contribution >= 4 is 0 Å². The van der Waals surface area contributed by atoms with E-state index in [-0.39, 0.29) is 0 Å². The van der Waals surface area contributed by atoms with E-state index >= 15 is 0 Å². The summed E-state index contributed by atoms with van der Waals surface area (Å²) in [6, 6.07) is 8.39. The summed E-state index contributed by atoms with van der Waals surface area (Å²) in [5.41, 5.74) is 0.232. The molecular formula is C16H20N+. The van der Waals surface area contributed by atoms with E-state index in [4.69, 9.17) is 12.3 Å². The highest BCUT2D eigenvalue weighted by molar-refractivity contribution is 5.61. The van der Waals surface area contributed by atoms with Gasteiger partial charge in [-0.1, -0.05) is 18.2 Å². The minimum Gasteiger partial charge on any atom is -0.198 e. The maximum Gasteiger partial charge on any atom is 0.212 e. The Bertz CT molecular complexity index is 829. The first-order valence-electron chi connectivity index (χ1n) is 9.80. The van der Waals surface area contributed by atoms with Crippen LogP contribution < -0.4 is 4.57 Å². The fraction of sp³-hybridized carbons (Fsp3) is 0.312. The Morgan fingerprint density at radius 2 is 1.88 bits per heavy atom. The van der Waals surface area contributed by atoms with E-state index < -0.39 is 37.4 Å². The van der Waals surface area contributed by atoms with Crippen LogP contribution in [-0.2, 0) is 7.05 Å². The fourth-order valence-electron chi connectivity index (χ4n) is 1.84. The van der Waals surface area contributed by atoms with Crippen LogP contribution in [0.3, 0.4) is 0 Å². The Morgan fingerprint density at radius 3 is 2.53 bits per heavy atom. The number of rotatable bonds is 1. The molecular weight excluding hydrogens is 206 g/mol. The molecule has 0 N–H and O–H groups in total. The molecule has 0 fully saturated rings. The van der Waals surface area contributed by atoms with Crippen LogP contribution in [0.5, 0.6) is 0 Å². The van der Waals surface area contributed by atoms with E-state index in [0.29, 0.717) is 11.3 Å². The summed E-state index contributed by atoms with van der Waals surface area (Å²) < 4.78 is 71.3. The van der Waals surface area contributed by atoms with Crippen molar-refractivity contribution in [3.05, 3.63) is 52.7 Å². The Labute approximate surface area is 116 Å². The molecule has 0 aliphatic rings. The van der Waals surface area contributed by atoms with Crippen LogP contribution in [0, 0.1) is 27.5 Å². The molecule has 0 saturated carbocycles. The maximum atomic E-state index is 7.83. The molecule has 0 unspecified atom stereocenters. The van der Waals surface area contributed by atoms with Gasteiger partial charge in [0.1, 0.15) is 7.05 Å². The molecule has 1 aromatic carbocycles. The van der Waals surface area contributed by atoms with Gasteiger partial charge >= 0.3 is 0 Å². The topological polar surface area (TPSA) is 3.88 Å². The molecule has 17 heavy (non-hydrogen) atoms. The van der Waals surface area contributed by atoms with Gasteiger partial charge in [0.25, 0.3) is 0 Å². The van der Waals surface area contributed by atoms with Crippen molar-refractivity contribution in [2.24, 2.45) is 7.05 Å². The molecule has 0 aliphatic heterocycles. The first kappa shape index (κ1) is 4.93. The standard InChI is InChI=1S/C16H20N/c1-11-8-6-7-9-15(11)16-10-12(2)13(3)14(4)17(16)5/h6-10H,1-5H3/q+1/i2D3,3D3,4D3. The quantitative estimate of drug-likeness (QED) is 0.667. The van der Waals surface area contributed by atoms with E-state index in [9.17, 15) is 0 Å². The number of benzene rings is 1. The van der Waals surface area contributed by atoms with Crippen molar-refractivity contribution in [2.75, 3.05) is 0 Å². The van der Waals surface area contributed by atoms with Gasteiger partial charge in [0.15, 0.2) is 5.69 Å². The molecule has 88 valence electrons. The van der Waals surface area contributed by atoms with Crippen LogP contribution in [0.1, 0.15) is 34.7 Å². The van der Waals surface area contributed by atoms with Crippen molar-refractivity contribution in [1.82, 2.24) is 0 Å². The van der Waals surface area contributed by atoms with Gasteiger partial charge in [-0.05, 0) is 37.8 Å². The molecule has 1 heteroatoms. The van der Waals surface area contributed by atoms with Crippen molar-refractivity contribution < 1.29 is 16.9 Å². The van der Waals surface area contributed by atoms with Crippen LogP contribution in [0.2, 0.25) is 0 Å². The maximum absolute atomic E-state index is 7.83. The highest BCUT2D eigenvalue weighted by Crippen LogP contribution is 2.22. The van der Waals surface area contributed by atoms with Crippen LogP contribution in [0.4, 0.5) is 0 Å². The van der Waals surface area contributed by atoms with Gasteiger partial charge in [-0.25, -0.2) is 0 Å². The zero-order chi connectivity index (χ0) is 20.1. The molecule has 1 aromatic heterocycles. The molecule has 0 radical (unpaired) electrons. The molecule has 0 amide bonds. The summed E-state index contributed by atoms with van der Waals surface area (Å²) in [6.45, 7) is -6.63. The molecule has 0 atom stereocenters. The number of hydrogen-bond acceptors (Lipinski definition) is 0. The lowest BCUT2D eigenvalue weighted by Gasteiger charge is -2.09. The smallest absolute Gasteiger partial charge is 0.198 e. The normalized spacial score (nSPS) is 20.7. The zero-order valence-corrected chi connectivity index (χ0v) is 9.83. The molecule has 1 nitrogen and oxygen atoms in total. The predicted molar refractivity (Wildman–Crippen MR) is 72.0 cm³/mol. The fourth-order valence-corrected chi connectivity index (χ4v) is 1.84. The lowest BCUT2D eigenvalue weighted by atomic mass is 10.0. The average Bonchev–Trinajstić information content (AvgIpc) is 2.44. The number of hydrogen-bond donors (Lipinski definition) is 0. The highest BCUT2D eigenvalue weighted by atomic mass is 14.9. The van der Waals surface area contributed by atoms with E-state index in [1.165, 1.54) is 17.7 Å². The van der Waals surface area contributed by atoms with Crippen LogP contribution in [0.15, 0.2) is 30.3 Å². The lowest BCUT2D eigenvalue weighted by Crippen LogP contribution is -2.36.